The molecule has 0 amide bonds. The van der Waals surface area contributed by atoms with Crippen molar-refractivity contribution in [3.05, 3.63) is 162 Å². The maximum Gasteiger partial charge on any atom is 0.193 e. The molecule has 0 aliphatic carbocycles. The minimum absolute atomic E-state index is 0.00495. The summed E-state index contributed by atoms with van der Waals surface area (Å²) in [6.45, 7) is 2.10. The second kappa shape index (κ2) is 10.7. The summed E-state index contributed by atoms with van der Waals surface area (Å²) in [5.41, 5.74) is 10.8. The van der Waals surface area contributed by atoms with Crippen molar-refractivity contribution in [2.24, 2.45) is 0 Å². The van der Waals surface area contributed by atoms with E-state index in [1.54, 1.807) is 6.20 Å². The van der Waals surface area contributed by atoms with Crippen LogP contribution < -0.4 is 0 Å². The topological polar surface area (TPSA) is 30.0 Å². The lowest BCUT2D eigenvalue weighted by Crippen LogP contribution is -2.03. The van der Waals surface area contributed by atoms with Crippen molar-refractivity contribution in [1.82, 2.24) is 4.98 Å². The molecular weight excluding hydrogens is 474 g/mol. The zero-order chi connectivity index (χ0) is 26.6. The zero-order valence-electron chi connectivity index (χ0n) is 21.7. The van der Waals surface area contributed by atoms with Gasteiger partial charge in [-0.3, -0.25) is 9.78 Å². The molecule has 1 aromatic heterocycles. The fourth-order valence-corrected chi connectivity index (χ4v) is 4.97. The Morgan fingerprint density at radius 2 is 1.10 bits per heavy atom. The van der Waals surface area contributed by atoms with Crippen LogP contribution in [0.5, 0.6) is 0 Å². The maximum atomic E-state index is 14.0. The van der Waals surface area contributed by atoms with Gasteiger partial charge < -0.3 is 0 Å². The van der Waals surface area contributed by atoms with Crippen molar-refractivity contribution >= 4 is 5.78 Å². The molecule has 186 valence electrons. The first-order chi connectivity index (χ1) is 19.2. The number of rotatable bonds is 6. The van der Waals surface area contributed by atoms with Crippen LogP contribution in [0.3, 0.4) is 0 Å². The summed E-state index contributed by atoms with van der Waals surface area (Å²) >= 11 is 0. The van der Waals surface area contributed by atoms with Crippen LogP contribution in [-0.2, 0) is 0 Å². The predicted molar refractivity (Wildman–Crippen MR) is 161 cm³/mol. The van der Waals surface area contributed by atoms with Gasteiger partial charge in [-0.2, -0.15) is 0 Å². The third-order valence-electron chi connectivity index (χ3n) is 7.04. The van der Waals surface area contributed by atoms with E-state index in [2.05, 4.69) is 66.5 Å². The molecule has 0 aliphatic rings. The van der Waals surface area contributed by atoms with Crippen molar-refractivity contribution < 1.29 is 4.79 Å². The Morgan fingerprint density at radius 1 is 0.487 bits per heavy atom. The minimum atomic E-state index is 0.00495. The van der Waals surface area contributed by atoms with Crippen molar-refractivity contribution in [1.29, 1.82) is 0 Å². The quantitative estimate of drug-likeness (QED) is 0.213. The second-order valence-corrected chi connectivity index (χ2v) is 9.69. The predicted octanol–water partition coefficient (Wildman–Crippen LogP) is 9.29. The maximum absolute atomic E-state index is 14.0. The molecule has 0 saturated heterocycles. The average molecular weight is 502 g/mol. The molecule has 6 rings (SSSR count). The lowest BCUT2D eigenvalue weighted by atomic mass is 9.91. The van der Waals surface area contributed by atoms with Crippen LogP contribution in [0.25, 0.3) is 44.6 Å². The number of aromatic nitrogens is 1. The molecule has 0 unspecified atom stereocenters. The Hall–Kier alpha value is -5.08. The molecule has 2 nitrogen and oxygen atoms in total. The van der Waals surface area contributed by atoms with E-state index in [0.29, 0.717) is 11.1 Å². The van der Waals surface area contributed by atoms with Gasteiger partial charge in [0, 0.05) is 22.9 Å². The van der Waals surface area contributed by atoms with Gasteiger partial charge in [0.05, 0.1) is 5.69 Å². The van der Waals surface area contributed by atoms with E-state index in [-0.39, 0.29) is 5.78 Å². The Balaban J connectivity index is 1.42. The Kier molecular flexibility index (Phi) is 6.67. The molecule has 6 aromatic rings. The van der Waals surface area contributed by atoms with Crippen molar-refractivity contribution in [3.63, 3.8) is 0 Å². The first-order valence-electron chi connectivity index (χ1n) is 13.1. The standard InChI is InChI=1S/C37H27NO/c1-26-18-19-30(36-17-8-9-20-38-36)25-35(26)29-15-10-16-31(21-29)37(39)34-23-32(27-11-4-2-5-12-27)22-33(24-34)28-13-6-3-7-14-28/h2-25H,1H3. The van der Waals surface area contributed by atoms with E-state index in [9.17, 15) is 4.79 Å². The van der Waals surface area contributed by atoms with Crippen molar-refractivity contribution in [2.45, 2.75) is 6.92 Å². The van der Waals surface area contributed by atoms with Gasteiger partial charge in [0.1, 0.15) is 0 Å². The number of ketones is 1. The molecule has 39 heavy (non-hydrogen) atoms. The first-order valence-corrected chi connectivity index (χ1v) is 13.1. The summed E-state index contributed by atoms with van der Waals surface area (Å²) < 4.78 is 0. The van der Waals surface area contributed by atoms with Crippen LogP contribution in [0.2, 0.25) is 0 Å². The van der Waals surface area contributed by atoms with E-state index < -0.39 is 0 Å². The third-order valence-corrected chi connectivity index (χ3v) is 7.04. The van der Waals surface area contributed by atoms with Crippen molar-refractivity contribution in [2.75, 3.05) is 0 Å². The molecule has 0 bridgehead atoms. The number of carbonyl (C=O) groups is 1. The van der Waals surface area contributed by atoms with E-state index >= 15 is 0 Å². The molecule has 0 aliphatic heterocycles. The van der Waals surface area contributed by atoms with Gasteiger partial charge in [-0.25, -0.2) is 0 Å². The van der Waals surface area contributed by atoms with E-state index in [4.69, 9.17) is 0 Å². The van der Waals surface area contributed by atoms with Gasteiger partial charge in [-0.15, -0.1) is 0 Å². The molecule has 0 fully saturated rings. The first kappa shape index (κ1) is 24.3. The minimum Gasteiger partial charge on any atom is -0.289 e. The summed E-state index contributed by atoms with van der Waals surface area (Å²) in [5, 5.41) is 0. The normalized spacial score (nSPS) is 10.8. The summed E-state index contributed by atoms with van der Waals surface area (Å²) in [4.78, 5) is 18.5. The summed E-state index contributed by atoms with van der Waals surface area (Å²) in [7, 11) is 0. The molecule has 2 heteroatoms. The highest BCUT2D eigenvalue weighted by atomic mass is 16.1. The summed E-state index contributed by atoms with van der Waals surface area (Å²) in [6.07, 6.45) is 1.81. The molecule has 0 spiro atoms. The molecule has 0 atom stereocenters. The number of hydrogen-bond donors (Lipinski definition) is 0. The molecule has 0 radical (unpaired) electrons. The van der Waals surface area contributed by atoms with Crippen LogP contribution in [0, 0.1) is 6.92 Å². The van der Waals surface area contributed by atoms with Gasteiger partial charge >= 0.3 is 0 Å². The van der Waals surface area contributed by atoms with Crippen LogP contribution in [0.1, 0.15) is 21.5 Å². The fourth-order valence-electron chi connectivity index (χ4n) is 4.97. The number of hydrogen-bond acceptors (Lipinski definition) is 2. The van der Waals surface area contributed by atoms with E-state index in [0.717, 1.165) is 50.2 Å². The fraction of sp³-hybridized carbons (Fsp3) is 0.0270. The van der Waals surface area contributed by atoms with Gasteiger partial charge in [-0.05, 0) is 88.3 Å². The van der Waals surface area contributed by atoms with Gasteiger partial charge in [-0.1, -0.05) is 97.1 Å². The molecular formula is C37H27NO. The third kappa shape index (κ3) is 5.18. The Bertz CT molecular complexity index is 1700. The number of nitrogens with zero attached hydrogens (tertiary/aromatic N) is 1. The highest BCUT2D eigenvalue weighted by Gasteiger charge is 2.15. The van der Waals surface area contributed by atoms with Gasteiger partial charge in [0.2, 0.25) is 0 Å². The summed E-state index contributed by atoms with van der Waals surface area (Å²) in [6, 6.07) is 46.8. The molecule has 1 heterocycles. The smallest absolute Gasteiger partial charge is 0.193 e. The number of carbonyl (C=O) groups excluding carboxylic acids is 1. The average Bonchev–Trinajstić information content (AvgIpc) is 3.02. The van der Waals surface area contributed by atoms with Crippen molar-refractivity contribution in [3.8, 4) is 44.6 Å². The Morgan fingerprint density at radius 3 is 1.74 bits per heavy atom. The van der Waals surface area contributed by atoms with Crippen LogP contribution in [-0.4, -0.2) is 10.8 Å². The molecule has 0 saturated carbocycles. The number of aryl methyl sites for hydroxylation is 1. The number of benzene rings is 5. The monoisotopic (exact) mass is 501 g/mol. The highest BCUT2D eigenvalue weighted by molar-refractivity contribution is 6.11. The second-order valence-electron chi connectivity index (χ2n) is 9.69. The van der Waals surface area contributed by atoms with Crippen LogP contribution in [0.15, 0.2) is 146 Å². The number of pyridine rings is 1. The lowest BCUT2D eigenvalue weighted by Gasteiger charge is -2.12. The van der Waals surface area contributed by atoms with E-state index in [1.165, 1.54) is 0 Å². The van der Waals surface area contributed by atoms with Gasteiger partial charge in [0.15, 0.2) is 5.78 Å². The largest absolute Gasteiger partial charge is 0.289 e. The lowest BCUT2D eigenvalue weighted by molar-refractivity contribution is 0.103. The molecule has 5 aromatic carbocycles. The SMILES string of the molecule is Cc1ccc(-c2ccccn2)cc1-c1cccc(C(=O)c2cc(-c3ccccc3)cc(-c3ccccc3)c2)c1. The Labute approximate surface area is 229 Å². The van der Waals surface area contributed by atoms with Crippen LogP contribution >= 0.6 is 0 Å². The molecule has 0 N–H and O–H groups in total. The highest BCUT2D eigenvalue weighted by Crippen LogP contribution is 2.32. The summed E-state index contributed by atoms with van der Waals surface area (Å²) in [5.74, 6) is 0.00495. The van der Waals surface area contributed by atoms with E-state index in [1.807, 2.05) is 84.9 Å². The van der Waals surface area contributed by atoms with Crippen LogP contribution in [0.4, 0.5) is 0 Å². The zero-order valence-corrected chi connectivity index (χ0v) is 21.7. The van der Waals surface area contributed by atoms with Gasteiger partial charge in [0.25, 0.3) is 0 Å².